The van der Waals surface area contributed by atoms with Crippen molar-refractivity contribution in [3.8, 4) is 0 Å². The molecule has 1 saturated carbocycles. The molecule has 1 amide bonds. The van der Waals surface area contributed by atoms with E-state index < -0.39 is 0 Å². The van der Waals surface area contributed by atoms with Crippen LogP contribution in [0.2, 0.25) is 0 Å². The van der Waals surface area contributed by atoms with E-state index in [1.54, 1.807) is 0 Å². The Labute approximate surface area is 191 Å². The fourth-order valence-corrected chi connectivity index (χ4v) is 5.67. The quantitative estimate of drug-likeness (QED) is 0.570. The summed E-state index contributed by atoms with van der Waals surface area (Å²) in [6.45, 7) is 3.98. The van der Waals surface area contributed by atoms with E-state index in [2.05, 4.69) is 41.3 Å². The minimum Gasteiger partial charge on any atom is -0.377 e. The molecule has 3 aliphatic rings. The zero-order valence-corrected chi connectivity index (χ0v) is 19.0. The van der Waals surface area contributed by atoms with Gasteiger partial charge in [0.1, 0.15) is 0 Å². The first-order chi connectivity index (χ1) is 15.7. The highest BCUT2D eigenvalue weighted by molar-refractivity contribution is 5.91. The molecular formula is C28H35NO3. The van der Waals surface area contributed by atoms with Gasteiger partial charge in [-0.2, -0.15) is 0 Å². The second-order valence-corrected chi connectivity index (χ2v) is 9.96. The molecule has 2 saturated heterocycles. The normalized spacial score (nSPS) is 23.8. The lowest BCUT2D eigenvalue weighted by molar-refractivity contribution is -0.150. The molecule has 2 aliphatic heterocycles. The highest BCUT2D eigenvalue weighted by Crippen LogP contribution is 2.50. The van der Waals surface area contributed by atoms with Crippen LogP contribution >= 0.6 is 0 Å². The third-order valence-electron chi connectivity index (χ3n) is 7.82. The minimum absolute atomic E-state index is 0.0391. The standard InChI is InChI=1S/C28H35NO3/c30-26(28(13-14-28)25-9-5-2-6-10-25)29-17-15-27(16-18-29)21-23(12-20-32-27)11-19-31-22-24-7-3-1-4-8-24/h1-10,23H,11-22H2. The van der Waals surface area contributed by atoms with Crippen molar-refractivity contribution in [1.29, 1.82) is 0 Å². The van der Waals surface area contributed by atoms with Crippen molar-refractivity contribution in [2.24, 2.45) is 5.92 Å². The van der Waals surface area contributed by atoms with Crippen molar-refractivity contribution in [1.82, 2.24) is 4.90 Å². The number of ether oxygens (including phenoxy) is 2. The van der Waals surface area contributed by atoms with Crippen LogP contribution in [-0.4, -0.2) is 42.7 Å². The molecule has 4 heteroatoms. The zero-order chi connectivity index (χ0) is 21.9. The molecule has 1 spiro atoms. The number of benzene rings is 2. The van der Waals surface area contributed by atoms with Crippen LogP contribution in [0.3, 0.4) is 0 Å². The van der Waals surface area contributed by atoms with Gasteiger partial charge in [0.25, 0.3) is 0 Å². The summed E-state index contributed by atoms with van der Waals surface area (Å²) in [5, 5.41) is 0. The predicted octanol–water partition coefficient (Wildman–Crippen LogP) is 5.11. The molecule has 4 nitrogen and oxygen atoms in total. The Morgan fingerprint density at radius 2 is 1.66 bits per heavy atom. The smallest absolute Gasteiger partial charge is 0.233 e. The molecule has 3 fully saturated rings. The molecule has 1 atom stereocenters. The molecule has 0 aromatic heterocycles. The van der Waals surface area contributed by atoms with E-state index in [9.17, 15) is 4.79 Å². The number of hydrogen-bond donors (Lipinski definition) is 0. The van der Waals surface area contributed by atoms with Crippen molar-refractivity contribution >= 4 is 5.91 Å². The average molecular weight is 434 g/mol. The van der Waals surface area contributed by atoms with Gasteiger partial charge in [0.2, 0.25) is 5.91 Å². The molecule has 2 heterocycles. The van der Waals surface area contributed by atoms with Crippen molar-refractivity contribution in [3.05, 3.63) is 71.8 Å². The number of rotatable bonds is 7. The lowest BCUT2D eigenvalue weighted by atomic mass is 9.78. The second-order valence-electron chi connectivity index (χ2n) is 9.96. The van der Waals surface area contributed by atoms with Crippen LogP contribution in [0.1, 0.15) is 56.1 Å². The molecule has 5 rings (SSSR count). The predicted molar refractivity (Wildman–Crippen MR) is 125 cm³/mol. The number of nitrogens with zero attached hydrogens (tertiary/aromatic N) is 1. The van der Waals surface area contributed by atoms with Gasteiger partial charge in [0.05, 0.1) is 17.6 Å². The summed E-state index contributed by atoms with van der Waals surface area (Å²) < 4.78 is 12.3. The van der Waals surface area contributed by atoms with Crippen LogP contribution in [-0.2, 0) is 26.3 Å². The minimum atomic E-state index is -0.252. The lowest BCUT2D eigenvalue weighted by Crippen LogP contribution is -2.52. The summed E-state index contributed by atoms with van der Waals surface area (Å²) in [6.07, 6.45) is 7.22. The Morgan fingerprint density at radius 1 is 0.969 bits per heavy atom. The average Bonchev–Trinajstić information content (AvgIpc) is 3.66. The van der Waals surface area contributed by atoms with E-state index in [1.165, 1.54) is 11.1 Å². The Kier molecular flexibility index (Phi) is 6.34. The van der Waals surface area contributed by atoms with Gasteiger partial charge in [-0.15, -0.1) is 0 Å². The lowest BCUT2D eigenvalue weighted by Gasteiger charge is -2.47. The Morgan fingerprint density at radius 3 is 2.34 bits per heavy atom. The molecule has 1 aliphatic carbocycles. The van der Waals surface area contributed by atoms with E-state index >= 15 is 0 Å². The monoisotopic (exact) mass is 433 g/mol. The van der Waals surface area contributed by atoms with Gasteiger partial charge in [-0.25, -0.2) is 0 Å². The maximum absolute atomic E-state index is 13.4. The van der Waals surface area contributed by atoms with Gasteiger partial charge in [-0.1, -0.05) is 60.7 Å². The van der Waals surface area contributed by atoms with Gasteiger partial charge in [0.15, 0.2) is 0 Å². The van der Waals surface area contributed by atoms with Gasteiger partial charge in [-0.05, 0) is 62.0 Å². The number of carbonyl (C=O) groups is 1. The second kappa shape index (κ2) is 9.36. The van der Waals surface area contributed by atoms with Gasteiger partial charge >= 0.3 is 0 Å². The summed E-state index contributed by atoms with van der Waals surface area (Å²) in [5.41, 5.74) is 2.13. The van der Waals surface area contributed by atoms with E-state index in [0.29, 0.717) is 18.4 Å². The summed E-state index contributed by atoms with van der Waals surface area (Å²) in [7, 11) is 0. The van der Waals surface area contributed by atoms with E-state index in [-0.39, 0.29) is 11.0 Å². The molecule has 0 N–H and O–H groups in total. The first-order valence-electron chi connectivity index (χ1n) is 12.3. The van der Waals surface area contributed by atoms with Crippen molar-refractivity contribution < 1.29 is 14.3 Å². The SMILES string of the molecule is O=C(N1CCC2(CC1)CC(CCOCc1ccccc1)CCO2)C1(c2ccccc2)CC1. The number of hydrogen-bond acceptors (Lipinski definition) is 3. The van der Waals surface area contributed by atoms with Crippen LogP contribution in [0, 0.1) is 5.92 Å². The first-order valence-corrected chi connectivity index (χ1v) is 12.3. The summed E-state index contributed by atoms with van der Waals surface area (Å²) in [6, 6.07) is 20.7. The van der Waals surface area contributed by atoms with E-state index in [4.69, 9.17) is 9.47 Å². The van der Waals surface area contributed by atoms with Gasteiger partial charge in [0, 0.05) is 26.3 Å². The highest BCUT2D eigenvalue weighted by atomic mass is 16.5. The maximum atomic E-state index is 13.4. The van der Waals surface area contributed by atoms with Crippen LogP contribution in [0.15, 0.2) is 60.7 Å². The third kappa shape index (κ3) is 4.62. The Balaban J connectivity index is 1.10. The molecule has 0 radical (unpaired) electrons. The van der Waals surface area contributed by atoms with Crippen molar-refractivity contribution in [2.45, 2.75) is 62.6 Å². The molecule has 2 aromatic carbocycles. The molecule has 170 valence electrons. The summed E-state index contributed by atoms with van der Waals surface area (Å²) in [4.78, 5) is 15.5. The summed E-state index contributed by atoms with van der Waals surface area (Å²) >= 11 is 0. The topological polar surface area (TPSA) is 38.8 Å². The molecular weight excluding hydrogens is 398 g/mol. The molecule has 1 unspecified atom stereocenters. The molecule has 32 heavy (non-hydrogen) atoms. The van der Waals surface area contributed by atoms with E-state index in [1.807, 2.05) is 24.3 Å². The maximum Gasteiger partial charge on any atom is 0.233 e. The Bertz CT molecular complexity index is 885. The number of amides is 1. The fraction of sp³-hybridized carbons (Fsp3) is 0.536. The largest absolute Gasteiger partial charge is 0.377 e. The summed E-state index contributed by atoms with van der Waals surface area (Å²) in [5.74, 6) is 0.987. The van der Waals surface area contributed by atoms with Gasteiger partial charge < -0.3 is 14.4 Å². The molecule has 0 bridgehead atoms. The fourth-order valence-electron chi connectivity index (χ4n) is 5.67. The number of likely N-dealkylation sites (tertiary alicyclic amines) is 1. The Hall–Kier alpha value is -2.17. The highest BCUT2D eigenvalue weighted by Gasteiger charge is 2.54. The van der Waals surface area contributed by atoms with Crippen LogP contribution in [0.5, 0.6) is 0 Å². The third-order valence-corrected chi connectivity index (χ3v) is 7.82. The molecule has 2 aromatic rings. The number of carbonyl (C=O) groups excluding carboxylic acids is 1. The van der Waals surface area contributed by atoms with Crippen LogP contribution < -0.4 is 0 Å². The van der Waals surface area contributed by atoms with Crippen LogP contribution in [0.4, 0.5) is 0 Å². The van der Waals surface area contributed by atoms with Gasteiger partial charge in [-0.3, -0.25) is 4.79 Å². The first kappa shape index (κ1) is 21.7. The van der Waals surface area contributed by atoms with E-state index in [0.717, 1.165) is 71.2 Å². The number of piperidine rings is 1. The zero-order valence-electron chi connectivity index (χ0n) is 19.0. The van der Waals surface area contributed by atoms with Crippen LogP contribution in [0.25, 0.3) is 0 Å². The van der Waals surface area contributed by atoms with Crippen molar-refractivity contribution in [2.75, 3.05) is 26.3 Å². The van der Waals surface area contributed by atoms with Crippen molar-refractivity contribution in [3.63, 3.8) is 0 Å².